The van der Waals surface area contributed by atoms with Crippen molar-refractivity contribution in [1.82, 2.24) is 0 Å². The average molecular weight is 309 g/mol. The number of allylic oxidation sites excluding steroid dienone is 4. The molecule has 2 heteroatoms. The quantitative estimate of drug-likeness (QED) is 0.594. The fourth-order valence-electron chi connectivity index (χ4n) is 1.51. The van der Waals surface area contributed by atoms with Crippen LogP contribution < -0.4 is 0 Å². The molecule has 0 amide bonds. The Hall–Kier alpha value is -1.12. The average Bonchev–Trinajstić information content (AvgIpc) is 2.38. The molecule has 0 bridgehead atoms. The van der Waals surface area contributed by atoms with Crippen LogP contribution in [0.25, 0.3) is 0 Å². The number of aliphatic hydroxyl groups is 2. The van der Waals surface area contributed by atoms with Gasteiger partial charge in [-0.25, -0.2) is 0 Å². The minimum absolute atomic E-state index is 0.702. The molecule has 0 heterocycles. The molecule has 0 aliphatic carbocycles. The van der Waals surface area contributed by atoms with Gasteiger partial charge >= 0.3 is 0 Å². The van der Waals surface area contributed by atoms with Crippen LogP contribution in [0.2, 0.25) is 0 Å². The fraction of sp³-hybridized carbons (Fsp3) is 0.600. The van der Waals surface area contributed by atoms with Crippen LogP contribution in [0.15, 0.2) is 48.6 Å². The molecule has 0 aromatic carbocycles. The summed E-state index contributed by atoms with van der Waals surface area (Å²) in [5.74, 6) is 0. The van der Waals surface area contributed by atoms with Crippen LogP contribution in [0, 0.1) is 0 Å². The van der Waals surface area contributed by atoms with Crippen LogP contribution in [0.1, 0.15) is 67.2 Å². The van der Waals surface area contributed by atoms with Gasteiger partial charge in [-0.2, -0.15) is 0 Å². The second-order valence-corrected chi connectivity index (χ2v) is 6.76. The summed E-state index contributed by atoms with van der Waals surface area (Å²) in [6.07, 6.45) is 10.8. The minimum atomic E-state index is -0.702. The first-order valence-corrected chi connectivity index (χ1v) is 7.94. The summed E-state index contributed by atoms with van der Waals surface area (Å²) in [6.45, 7) is 18.9. The minimum Gasteiger partial charge on any atom is -0.386 e. The van der Waals surface area contributed by atoms with Gasteiger partial charge in [0, 0.05) is 0 Å². The van der Waals surface area contributed by atoms with E-state index in [0.717, 1.165) is 25.7 Å². The highest BCUT2D eigenvalue weighted by Gasteiger charge is 2.13. The van der Waals surface area contributed by atoms with Crippen LogP contribution in [0.4, 0.5) is 0 Å². The van der Waals surface area contributed by atoms with Gasteiger partial charge in [0.2, 0.25) is 0 Å². The first-order chi connectivity index (χ1) is 9.95. The van der Waals surface area contributed by atoms with Crippen molar-refractivity contribution in [3.05, 3.63) is 48.6 Å². The fourth-order valence-corrected chi connectivity index (χ4v) is 1.51. The predicted molar refractivity (Wildman–Crippen MR) is 99.0 cm³/mol. The van der Waals surface area contributed by atoms with Gasteiger partial charge in [-0.1, -0.05) is 35.5 Å². The van der Waals surface area contributed by atoms with Crippen LogP contribution in [0.3, 0.4) is 0 Å². The molecule has 0 saturated heterocycles. The van der Waals surface area contributed by atoms with Crippen molar-refractivity contribution in [3.63, 3.8) is 0 Å². The molecule has 0 aliphatic heterocycles. The van der Waals surface area contributed by atoms with Crippen molar-refractivity contribution in [2.75, 3.05) is 0 Å². The SMILES string of the molecule is C=CC(C)(O)CCC=C(C)C.C=CC(C)(O)CCC=C(C)C. The van der Waals surface area contributed by atoms with Gasteiger partial charge in [0.05, 0.1) is 11.2 Å². The van der Waals surface area contributed by atoms with Crippen molar-refractivity contribution in [1.29, 1.82) is 0 Å². The van der Waals surface area contributed by atoms with E-state index in [2.05, 4.69) is 53.0 Å². The lowest BCUT2D eigenvalue weighted by Crippen LogP contribution is -2.19. The number of hydrogen-bond donors (Lipinski definition) is 2. The summed E-state index contributed by atoms with van der Waals surface area (Å²) in [5.41, 5.74) is 1.19. The highest BCUT2D eigenvalue weighted by molar-refractivity contribution is 4.98. The topological polar surface area (TPSA) is 40.5 Å². The van der Waals surface area contributed by atoms with E-state index < -0.39 is 11.2 Å². The molecule has 0 radical (unpaired) electrons. The van der Waals surface area contributed by atoms with Gasteiger partial charge < -0.3 is 10.2 Å². The molecule has 2 N–H and O–H groups in total. The maximum Gasteiger partial charge on any atom is 0.0800 e. The first-order valence-electron chi connectivity index (χ1n) is 7.94. The lowest BCUT2D eigenvalue weighted by Gasteiger charge is -2.16. The van der Waals surface area contributed by atoms with Gasteiger partial charge in [0.15, 0.2) is 0 Å². The Balaban J connectivity index is 0. The van der Waals surface area contributed by atoms with Crippen molar-refractivity contribution in [2.24, 2.45) is 0 Å². The van der Waals surface area contributed by atoms with Crippen LogP contribution >= 0.6 is 0 Å². The second kappa shape index (κ2) is 11.4. The molecule has 0 aromatic rings. The van der Waals surface area contributed by atoms with E-state index in [1.54, 1.807) is 26.0 Å². The van der Waals surface area contributed by atoms with E-state index in [4.69, 9.17) is 0 Å². The second-order valence-electron chi connectivity index (χ2n) is 6.76. The first kappa shape index (κ1) is 23.2. The zero-order valence-electron chi connectivity index (χ0n) is 15.4. The molecule has 0 spiro atoms. The van der Waals surface area contributed by atoms with Gasteiger partial charge in [0.25, 0.3) is 0 Å². The van der Waals surface area contributed by atoms with E-state index in [0.29, 0.717) is 0 Å². The molecule has 0 saturated carbocycles. The Morgan fingerprint density at radius 2 is 1.05 bits per heavy atom. The van der Waals surface area contributed by atoms with Gasteiger partial charge in [-0.05, 0) is 67.2 Å². The maximum absolute atomic E-state index is 9.49. The molecular formula is C20H36O2. The molecule has 0 aliphatic rings. The highest BCUT2D eigenvalue weighted by atomic mass is 16.3. The van der Waals surface area contributed by atoms with Crippen LogP contribution in [-0.4, -0.2) is 21.4 Å². The third-order valence-electron chi connectivity index (χ3n) is 3.29. The molecule has 2 atom stereocenters. The van der Waals surface area contributed by atoms with E-state index in [-0.39, 0.29) is 0 Å². The van der Waals surface area contributed by atoms with E-state index >= 15 is 0 Å². The largest absolute Gasteiger partial charge is 0.386 e. The van der Waals surface area contributed by atoms with Crippen molar-refractivity contribution >= 4 is 0 Å². The van der Waals surface area contributed by atoms with Crippen LogP contribution in [-0.2, 0) is 0 Å². The summed E-state index contributed by atoms with van der Waals surface area (Å²) in [6, 6.07) is 0. The summed E-state index contributed by atoms with van der Waals surface area (Å²) < 4.78 is 0. The Kier molecular flexibility index (Phi) is 12.0. The lowest BCUT2D eigenvalue weighted by atomic mass is 10.00. The van der Waals surface area contributed by atoms with Gasteiger partial charge in [-0.15, -0.1) is 13.2 Å². The van der Waals surface area contributed by atoms with Gasteiger partial charge in [0.1, 0.15) is 0 Å². The van der Waals surface area contributed by atoms with Crippen molar-refractivity contribution in [2.45, 2.75) is 78.4 Å². The molecule has 0 fully saturated rings. The Morgan fingerprint density at radius 1 is 0.773 bits per heavy atom. The van der Waals surface area contributed by atoms with Crippen LogP contribution in [0.5, 0.6) is 0 Å². The molecular weight excluding hydrogens is 272 g/mol. The third kappa shape index (κ3) is 16.9. The normalized spacial score (nSPS) is 15.3. The van der Waals surface area contributed by atoms with Crippen molar-refractivity contribution in [3.8, 4) is 0 Å². The lowest BCUT2D eigenvalue weighted by molar-refractivity contribution is 0.103. The highest BCUT2D eigenvalue weighted by Crippen LogP contribution is 2.14. The monoisotopic (exact) mass is 308 g/mol. The number of hydrogen-bond acceptors (Lipinski definition) is 2. The Labute approximate surface area is 138 Å². The summed E-state index contributed by atoms with van der Waals surface area (Å²) in [5, 5.41) is 19.0. The Morgan fingerprint density at radius 3 is 1.23 bits per heavy atom. The van der Waals surface area contributed by atoms with Gasteiger partial charge in [-0.3, -0.25) is 0 Å². The summed E-state index contributed by atoms with van der Waals surface area (Å²) in [4.78, 5) is 0. The number of rotatable bonds is 8. The summed E-state index contributed by atoms with van der Waals surface area (Å²) in [7, 11) is 0. The Bertz CT molecular complexity index is 339. The zero-order chi connectivity index (χ0) is 17.8. The smallest absolute Gasteiger partial charge is 0.0800 e. The standard InChI is InChI=1S/2C10H18O/c2*1-5-10(4,11)8-6-7-9(2)3/h2*5,7,11H,1,6,8H2,2-4H3. The third-order valence-corrected chi connectivity index (χ3v) is 3.29. The van der Waals surface area contributed by atoms with Crippen molar-refractivity contribution < 1.29 is 10.2 Å². The molecule has 0 rings (SSSR count). The summed E-state index contributed by atoms with van der Waals surface area (Å²) >= 11 is 0. The van der Waals surface area contributed by atoms with E-state index in [1.165, 1.54) is 11.1 Å². The molecule has 2 nitrogen and oxygen atoms in total. The molecule has 2 unspecified atom stereocenters. The molecule has 128 valence electrons. The zero-order valence-corrected chi connectivity index (χ0v) is 15.4. The predicted octanol–water partition coefficient (Wildman–Crippen LogP) is 5.34. The molecule has 22 heavy (non-hydrogen) atoms. The maximum atomic E-state index is 9.49. The van der Waals surface area contributed by atoms with E-state index in [9.17, 15) is 10.2 Å². The van der Waals surface area contributed by atoms with E-state index in [1.807, 2.05) is 0 Å². The molecule has 0 aromatic heterocycles.